The number of ether oxygens (including phenoxy) is 2. The molecule has 1 rings (SSSR count). The predicted octanol–water partition coefficient (Wildman–Crippen LogP) is -0.0312. The molecule has 0 aliphatic carbocycles. The van der Waals surface area contributed by atoms with Gasteiger partial charge in [0, 0.05) is 13.5 Å². The molecule has 1 aliphatic rings. The summed E-state index contributed by atoms with van der Waals surface area (Å²) < 4.78 is 9.98. The van der Waals surface area contributed by atoms with E-state index in [1.807, 2.05) is 0 Å². The summed E-state index contributed by atoms with van der Waals surface area (Å²) >= 11 is 0. The van der Waals surface area contributed by atoms with Crippen molar-refractivity contribution in [1.82, 2.24) is 4.90 Å². The van der Waals surface area contributed by atoms with Crippen LogP contribution >= 0.6 is 0 Å². The smallest absolute Gasteiger partial charge is 0.311 e. The second-order valence-corrected chi connectivity index (χ2v) is 3.96. The van der Waals surface area contributed by atoms with Crippen molar-refractivity contribution in [3.63, 3.8) is 0 Å². The quantitative estimate of drug-likeness (QED) is 0.549. The first-order valence-electron chi connectivity index (χ1n) is 5.29. The number of hydrogen-bond donors (Lipinski definition) is 1. The maximum Gasteiger partial charge on any atom is 0.311 e. The van der Waals surface area contributed by atoms with Crippen molar-refractivity contribution in [2.24, 2.45) is 5.92 Å². The van der Waals surface area contributed by atoms with Crippen LogP contribution in [0.4, 0.5) is 0 Å². The molecule has 100 valence electrons. The lowest BCUT2D eigenvalue weighted by Crippen LogP contribution is -2.35. The zero-order chi connectivity index (χ0) is 13.9. The third-order valence-corrected chi connectivity index (χ3v) is 2.50. The van der Waals surface area contributed by atoms with Crippen molar-refractivity contribution in [1.29, 1.82) is 0 Å². The minimum Gasteiger partial charge on any atom is -0.481 e. The number of rotatable bonds is 5. The highest BCUT2D eigenvalue weighted by Crippen LogP contribution is 2.22. The van der Waals surface area contributed by atoms with Gasteiger partial charge in [-0.1, -0.05) is 6.58 Å². The van der Waals surface area contributed by atoms with Crippen molar-refractivity contribution < 1.29 is 29.0 Å². The van der Waals surface area contributed by atoms with E-state index in [0.717, 1.165) is 4.90 Å². The Morgan fingerprint density at radius 2 is 2.11 bits per heavy atom. The van der Waals surface area contributed by atoms with Gasteiger partial charge in [-0.3, -0.25) is 19.3 Å². The van der Waals surface area contributed by atoms with E-state index in [2.05, 4.69) is 6.58 Å². The van der Waals surface area contributed by atoms with Crippen molar-refractivity contribution >= 4 is 17.8 Å². The van der Waals surface area contributed by atoms with Gasteiger partial charge in [0.2, 0.25) is 5.91 Å². The second kappa shape index (κ2) is 5.63. The van der Waals surface area contributed by atoms with Gasteiger partial charge in [0.05, 0.1) is 5.76 Å². The molecule has 0 radical (unpaired) electrons. The Hall–Kier alpha value is -1.89. The Labute approximate surface area is 104 Å². The molecule has 2 amide bonds. The summed E-state index contributed by atoms with van der Waals surface area (Å²) in [5.41, 5.74) is 0. The molecule has 7 nitrogen and oxygen atoms in total. The minimum atomic E-state index is -1.20. The first kappa shape index (κ1) is 14.2. The van der Waals surface area contributed by atoms with Crippen LogP contribution in [0, 0.1) is 5.92 Å². The Morgan fingerprint density at radius 1 is 1.50 bits per heavy atom. The van der Waals surface area contributed by atoms with Gasteiger partial charge >= 0.3 is 5.97 Å². The van der Waals surface area contributed by atoms with Crippen molar-refractivity contribution in [3.8, 4) is 0 Å². The Kier molecular flexibility index (Phi) is 4.43. The molecule has 0 bridgehead atoms. The highest BCUT2D eigenvalue weighted by molar-refractivity contribution is 6.01. The molecular formula is C11H15NO6. The summed E-state index contributed by atoms with van der Waals surface area (Å²) in [6.07, 6.45) is -1.20. The summed E-state index contributed by atoms with van der Waals surface area (Å²) in [6, 6.07) is 0. The maximum atomic E-state index is 11.8. The summed E-state index contributed by atoms with van der Waals surface area (Å²) in [5.74, 6) is -3.03. The minimum absolute atomic E-state index is 0.179. The molecule has 1 saturated heterocycles. The zero-order valence-corrected chi connectivity index (χ0v) is 10.2. The average Bonchev–Trinajstić information content (AvgIpc) is 2.56. The van der Waals surface area contributed by atoms with E-state index >= 15 is 0 Å². The Bertz CT molecular complexity index is 391. The number of allylic oxidation sites excluding steroid dienone is 1. The van der Waals surface area contributed by atoms with Crippen LogP contribution in [0.3, 0.4) is 0 Å². The van der Waals surface area contributed by atoms with Crippen LogP contribution in [-0.4, -0.2) is 47.2 Å². The molecule has 2 atom stereocenters. The van der Waals surface area contributed by atoms with E-state index in [9.17, 15) is 14.4 Å². The van der Waals surface area contributed by atoms with Crippen molar-refractivity contribution in [2.75, 3.05) is 13.3 Å². The first-order chi connectivity index (χ1) is 8.34. The highest BCUT2D eigenvalue weighted by atomic mass is 16.7. The largest absolute Gasteiger partial charge is 0.481 e. The highest BCUT2D eigenvalue weighted by Gasteiger charge is 2.47. The van der Waals surface area contributed by atoms with E-state index in [1.165, 1.54) is 6.92 Å². The molecule has 0 aromatic heterocycles. The number of amides is 2. The molecule has 2 unspecified atom stereocenters. The van der Waals surface area contributed by atoms with Gasteiger partial charge in [0.1, 0.15) is 5.92 Å². The number of likely N-dealkylation sites (tertiary alicyclic amines) is 1. The summed E-state index contributed by atoms with van der Waals surface area (Å²) in [7, 11) is 0. The van der Waals surface area contributed by atoms with Gasteiger partial charge in [-0.15, -0.1) is 0 Å². The van der Waals surface area contributed by atoms with Crippen molar-refractivity contribution in [3.05, 3.63) is 12.3 Å². The Balaban J connectivity index is 2.72. The first-order valence-corrected chi connectivity index (χ1v) is 5.29. The number of aliphatic carboxylic acids is 1. The SMILES string of the molecule is C=C(C)OCOC1C(=O)N(C(C)=O)CC1C(=O)O. The van der Waals surface area contributed by atoms with Crippen LogP contribution in [-0.2, 0) is 23.9 Å². The number of hydrogen-bond acceptors (Lipinski definition) is 5. The van der Waals surface area contributed by atoms with Crippen LogP contribution in [0.15, 0.2) is 12.3 Å². The normalized spacial score (nSPS) is 23.0. The van der Waals surface area contributed by atoms with E-state index in [0.29, 0.717) is 5.76 Å². The fraction of sp³-hybridized carbons (Fsp3) is 0.545. The van der Waals surface area contributed by atoms with Crippen LogP contribution < -0.4 is 0 Å². The third-order valence-electron chi connectivity index (χ3n) is 2.50. The van der Waals surface area contributed by atoms with Crippen molar-refractivity contribution in [2.45, 2.75) is 20.0 Å². The molecule has 7 heteroatoms. The fourth-order valence-corrected chi connectivity index (χ4v) is 1.59. The number of carboxylic acid groups (broad SMARTS) is 1. The molecule has 1 fully saturated rings. The van der Waals surface area contributed by atoms with Gasteiger partial charge in [0.15, 0.2) is 12.9 Å². The maximum absolute atomic E-state index is 11.8. The summed E-state index contributed by atoms with van der Waals surface area (Å²) in [5, 5.41) is 8.98. The topological polar surface area (TPSA) is 93.1 Å². The van der Waals surface area contributed by atoms with E-state index in [-0.39, 0.29) is 13.3 Å². The zero-order valence-electron chi connectivity index (χ0n) is 10.2. The summed E-state index contributed by atoms with van der Waals surface area (Å²) in [4.78, 5) is 34.8. The number of carbonyl (C=O) groups excluding carboxylic acids is 2. The molecule has 18 heavy (non-hydrogen) atoms. The van der Waals surface area contributed by atoms with Gasteiger partial charge in [0.25, 0.3) is 5.91 Å². The molecule has 0 saturated carbocycles. The molecule has 0 aromatic rings. The fourth-order valence-electron chi connectivity index (χ4n) is 1.59. The van der Waals surface area contributed by atoms with Gasteiger partial charge in [-0.25, -0.2) is 0 Å². The Morgan fingerprint density at radius 3 is 2.56 bits per heavy atom. The monoisotopic (exact) mass is 257 g/mol. The van der Waals surface area contributed by atoms with E-state index in [1.54, 1.807) is 6.92 Å². The standard InChI is InChI=1S/C11H15NO6/c1-6(2)17-5-18-9-8(11(15)16)4-12(7(3)13)10(9)14/h8-9H,1,4-5H2,2-3H3,(H,15,16). The molecule has 1 N–H and O–H groups in total. The molecular weight excluding hydrogens is 242 g/mol. The number of nitrogens with zero attached hydrogens (tertiary/aromatic N) is 1. The van der Waals surface area contributed by atoms with Gasteiger partial charge < -0.3 is 14.6 Å². The second-order valence-electron chi connectivity index (χ2n) is 3.96. The van der Waals surface area contributed by atoms with Crippen LogP contribution in [0.1, 0.15) is 13.8 Å². The van der Waals surface area contributed by atoms with E-state index < -0.39 is 29.8 Å². The lowest BCUT2D eigenvalue weighted by molar-refractivity contribution is -0.157. The van der Waals surface area contributed by atoms with Crippen LogP contribution in [0.25, 0.3) is 0 Å². The number of carbonyl (C=O) groups is 3. The lowest BCUT2D eigenvalue weighted by atomic mass is 10.1. The van der Waals surface area contributed by atoms with Gasteiger partial charge in [-0.05, 0) is 6.92 Å². The molecule has 0 spiro atoms. The molecule has 1 heterocycles. The predicted molar refractivity (Wildman–Crippen MR) is 59.2 cm³/mol. The number of imide groups is 1. The van der Waals surface area contributed by atoms with Crippen LogP contribution in [0.5, 0.6) is 0 Å². The van der Waals surface area contributed by atoms with E-state index in [4.69, 9.17) is 14.6 Å². The average molecular weight is 257 g/mol. The third kappa shape index (κ3) is 3.07. The number of carboxylic acids is 1. The van der Waals surface area contributed by atoms with Gasteiger partial charge in [-0.2, -0.15) is 0 Å². The lowest BCUT2D eigenvalue weighted by Gasteiger charge is -2.14. The van der Waals surface area contributed by atoms with Crippen LogP contribution in [0.2, 0.25) is 0 Å². The summed E-state index contributed by atoms with van der Waals surface area (Å²) in [6.45, 7) is 5.80. The molecule has 0 aromatic carbocycles. The molecule has 1 aliphatic heterocycles.